The lowest BCUT2D eigenvalue weighted by Gasteiger charge is -2.03. The molecular weight excluding hydrogens is 196 g/mol. The lowest BCUT2D eigenvalue weighted by atomic mass is 10.0. The van der Waals surface area contributed by atoms with Crippen LogP contribution in [0.5, 0.6) is 0 Å². The zero-order valence-corrected chi connectivity index (χ0v) is 7.73. The number of rotatable bonds is 3. The van der Waals surface area contributed by atoms with Crippen LogP contribution in [0.4, 0.5) is 0 Å². The Kier molecular flexibility index (Phi) is 3.09. The molecule has 4 heteroatoms. The van der Waals surface area contributed by atoms with Gasteiger partial charge in [0.15, 0.2) is 0 Å². The van der Waals surface area contributed by atoms with Gasteiger partial charge in [0, 0.05) is 5.56 Å². The van der Waals surface area contributed by atoms with Crippen molar-refractivity contribution in [2.24, 2.45) is 0 Å². The fourth-order valence-electron chi connectivity index (χ4n) is 1.20. The summed E-state index contributed by atoms with van der Waals surface area (Å²) in [6.45, 7) is 0. The van der Waals surface area contributed by atoms with E-state index in [1.54, 1.807) is 0 Å². The molecule has 4 nitrogen and oxygen atoms in total. The third-order valence-corrected chi connectivity index (χ3v) is 1.84. The Morgan fingerprint density at radius 1 is 1.33 bits per heavy atom. The van der Waals surface area contributed by atoms with Crippen LogP contribution in [0, 0.1) is 12.3 Å². The van der Waals surface area contributed by atoms with Crippen molar-refractivity contribution in [3.05, 3.63) is 34.9 Å². The standard InChI is InChI=1S/C11H8O4/c1-2-7-3-4-9(11(14)15)8(5-7)6-10(12)13/h1,3-5H,6H2,(H,12,13)(H,14,15). The van der Waals surface area contributed by atoms with Crippen LogP contribution < -0.4 is 0 Å². The molecule has 2 N–H and O–H groups in total. The summed E-state index contributed by atoms with van der Waals surface area (Å²) in [6, 6.07) is 4.18. The van der Waals surface area contributed by atoms with Gasteiger partial charge in [0.2, 0.25) is 0 Å². The third-order valence-electron chi connectivity index (χ3n) is 1.84. The second-order valence-corrected chi connectivity index (χ2v) is 2.89. The Bertz CT molecular complexity index is 454. The van der Waals surface area contributed by atoms with Gasteiger partial charge in [-0.2, -0.15) is 0 Å². The maximum Gasteiger partial charge on any atom is 0.335 e. The largest absolute Gasteiger partial charge is 0.481 e. The molecule has 1 aromatic rings. The molecule has 0 bridgehead atoms. The molecule has 0 radical (unpaired) electrons. The summed E-state index contributed by atoms with van der Waals surface area (Å²) >= 11 is 0. The first-order valence-corrected chi connectivity index (χ1v) is 4.09. The molecule has 0 fully saturated rings. The second kappa shape index (κ2) is 4.29. The summed E-state index contributed by atoms with van der Waals surface area (Å²) in [4.78, 5) is 21.3. The van der Waals surface area contributed by atoms with Crippen LogP contribution >= 0.6 is 0 Å². The Morgan fingerprint density at radius 3 is 2.47 bits per heavy atom. The van der Waals surface area contributed by atoms with Gasteiger partial charge in [0.25, 0.3) is 0 Å². The smallest absolute Gasteiger partial charge is 0.335 e. The van der Waals surface area contributed by atoms with Gasteiger partial charge in [0.1, 0.15) is 0 Å². The average Bonchev–Trinajstić information content (AvgIpc) is 2.16. The predicted molar refractivity (Wildman–Crippen MR) is 52.7 cm³/mol. The number of terminal acetylenes is 1. The van der Waals surface area contributed by atoms with Gasteiger partial charge < -0.3 is 10.2 Å². The molecule has 0 aliphatic carbocycles. The highest BCUT2D eigenvalue weighted by atomic mass is 16.4. The number of aromatic carboxylic acids is 1. The van der Waals surface area contributed by atoms with E-state index in [2.05, 4.69) is 5.92 Å². The molecular formula is C11H8O4. The van der Waals surface area contributed by atoms with Crippen molar-refractivity contribution in [2.45, 2.75) is 6.42 Å². The Morgan fingerprint density at radius 2 is 2.00 bits per heavy atom. The van der Waals surface area contributed by atoms with Crippen molar-refractivity contribution in [1.82, 2.24) is 0 Å². The molecule has 76 valence electrons. The highest BCUT2D eigenvalue weighted by Crippen LogP contribution is 2.12. The maximum atomic E-state index is 10.8. The Hall–Kier alpha value is -2.28. The highest BCUT2D eigenvalue weighted by Gasteiger charge is 2.12. The van der Waals surface area contributed by atoms with Gasteiger partial charge >= 0.3 is 11.9 Å². The van der Waals surface area contributed by atoms with Crippen molar-refractivity contribution >= 4 is 11.9 Å². The van der Waals surface area contributed by atoms with E-state index in [1.165, 1.54) is 18.2 Å². The molecule has 15 heavy (non-hydrogen) atoms. The first-order chi connectivity index (χ1) is 7.04. The minimum atomic E-state index is -1.16. The molecule has 0 amide bonds. The van der Waals surface area contributed by atoms with Crippen LogP contribution in [0.1, 0.15) is 21.5 Å². The molecule has 0 heterocycles. The van der Waals surface area contributed by atoms with E-state index in [0.29, 0.717) is 5.56 Å². The number of hydrogen-bond acceptors (Lipinski definition) is 2. The first kappa shape index (κ1) is 10.8. The minimum absolute atomic E-state index is 0.0311. The SMILES string of the molecule is C#Cc1ccc(C(=O)O)c(CC(=O)O)c1. The summed E-state index contributed by atoms with van der Waals surface area (Å²) < 4.78 is 0. The van der Waals surface area contributed by atoms with Crippen LogP contribution in [-0.4, -0.2) is 22.2 Å². The van der Waals surface area contributed by atoms with Crippen LogP contribution in [0.3, 0.4) is 0 Å². The summed E-state index contributed by atoms with van der Waals surface area (Å²) in [7, 11) is 0. The van der Waals surface area contributed by atoms with Gasteiger partial charge in [-0.1, -0.05) is 5.92 Å². The number of benzene rings is 1. The van der Waals surface area contributed by atoms with E-state index in [1.807, 2.05) is 0 Å². The van der Waals surface area contributed by atoms with E-state index in [4.69, 9.17) is 16.6 Å². The van der Waals surface area contributed by atoms with Crippen molar-refractivity contribution in [1.29, 1.82) is 0 Å². The zero-order valence-electron chi connectivity index (χ0n) is 7.73. The molecule has 1 aromatic carbocycles. The average molecular weight is 204 g/mol. The number of aliphatic carboxylic acids is 1. The van der Waals surface area contributed by atoms with Crippen molar-refractivity contribution in [3.8, 4) is 12.3 Å². The number of carboxylic acids is 2. The van der Waals surface area contributed by atoms with Gasteiger partial charge in [-0.3, -0.25) is 4.79 Å². The molecule has 0 aliphatic rings. The molecule has 0 aliphatic heterocycles. The fraction of sp³-hybridized carbons (Fsp3) is 0.0909. The number of carbonyl (C=O) groups is 2. The zero-order chi connectivity index (χ0) is 11.4. The normalized spacial score (nSPS) is 9.27. The Balaban J connectivity index is 3.23. The van der Waals surface area contributed by atoms with E-state index < -0.39 is 11.9 Å². The predicted octanol–water partition coefficient (Wildman–Crippen LogP) is 0.993. The quantitative estimate of drug-likeness (QED) is 0.720. The summed E-state index contributed by atoms with van der Waals surface area (Å²) in [5.74, 6) is 0.0723. The van der Waals surface area contributed by atoms with Gasteiger partial charge in [-0.05, 0) is 23.8 Å². The van der Waals surface area contributed by atoms with Gasteiger partial charge in [0.05, 0.1) is 12.0 Å². The van der Waals surface area contributed by atoms with Gasteiger partial charge in [-0.15, -0.1) is 6.42 Å². The van der Waals surface area contributed by atoms with Crippen LogP contribution in [0.25, 0.3) is 0 Å². The lowest BCUT2D eigenvalue weighted by Crippen LogP contribution is -2.08. The first-order valence-electron chi connectivity index (χ1n) is 4.09. The van der Waals surface area contributed by atoms with Crippen molar-refractivity contribution in [3.63, 3.8) is 0 Å². The molecule has 0 saturated carbocycles. The van der Waals surface area contributed by atoms with E-state index in [9.17, 15) is 9.59 Å². The summed E-state index contributed by atoms with van der Waals surface area (Å²) in [5.41, 5.74) is 0.651. The number of carboxylic acid groups (broad SMARTS) is 2. The summed E-state index contributed by atoms with van der Waals surface area (Å²) in [5, 5.41) is 17.4. The van der Waals surface area contributed by atoms with Crippen LogP contribution in [0.15, 0.2) is 18.2 Å². The third kappa shape index (κ3) is 2.58. The maximum absolute atomic E-state index is 10.8. The second-order valence-electron chi connectivity index (χ2n) is 2.89. The summed E-state index contributed by atoms with van der Waals surface area (Å²) in [6.07, 6.45) is 4.78. The monoisotopic (exact) mass is 204 g/mol. The van der Waals surface area contributed by atoms with Crippen LogP contribution in [-0.2, 0) is 11.2 Å². The Labute approximate surface area is 86.2 Å². The van der Waals surface area contributed by atoms with E-state index in [0.717, 1.165) is 0 Å². The highest BCUT2D eigenvalue weighted by molar-refractivity contribution is 5.91. The molecule has 0 atom stereocenters. The van der Waals surface area contributed by atoms with Crippen LogP contribution in [0.2, 0.25) is 0 Å². The van der Waals surface area contributed by atoms with Gasteiger partial charge in [-0.25, -0.2) is 4.79 Å². The molecule has 0 aromatic heterocycles. The van der Waals surface area contributed by atoms with E-state index in [-0.39, 0.29) is 17.5 Å². The number of hydrogen-bond donors (Lipinski definition) is 2. The topological polar surface area (TPSA) is 74.6 Å². The lowest BCUT2D eigenvalue weighted by molar-refractivity contribution is -0.136. The van der Waals surface area contributed by atoms with Crippen molar-refractivity contribution < 1.29 is 19.8 Å². The van der Waals surface area contributed by atoms with Crippen molar-refractivity contribution in [2.75, 3.05) is 0 Å². The molecule has 1 rings (SSSR count). The molecule has 0 saturated heterocycles. The van der Waals surface area contributed by atoms with E-state index >= 15 is 0 Å². The fourth-order valence-corrected chi connectivity index (χ4v) is 1.20. The minimum Gasteiger partial charge on any atom is -0.481 e. The molecule has 0 spiro atoms. The molecule has 0 unspecified atom stereocenters.